The van der Waals surface area contributed by atoms with E-state index >= 15 is 0 Å². The summed E-state index contributed by atoms with van der Waals surface area (Å²) in [7, 11) is 0. The van der Waals surface area contributed by atoms with Gasteiger partial charge >= 0.3 is 0 Å². The van der Waals surface area contributed by atoms with Crippen LogP contribution in [0.2, 0.25) is 0 Å². The minimum atomic E-state index is -0.225. The average molecular weight is 388 g/mol. The summed E-state index contributed by atoms with van der Waals surface area (Å²) in [4.78, 5) is 7.84. The molecule has 3 aromatic rings. The van der Waals surface area contributed by atoms with Gasteiger partial charge in [0.05, 0.1) is 16.6 Å². The Morgan fingerprint density at radius 3 is 2.14 bits per heavy atom. The maximum atomic E-state index is 10.9. The van der Waals surface area contributed by atoms with Gasteiger partial charge in [-0.3, -0.25) is 0 Å². The highest BCUT2D eigenvalue weighted by molar-refractivity contribution is 5.90. The largest absolute Gasteiger partial charge is 0.507 e. The summed E-state index contributed by atoms with van der Waals surface area (Å²) < 4.78 is 0. The monoisotopic (exact) mass is 387 g/mol. The summed E-state index contributed by atoms with van der Waals surface area (Å²) in [5.41, 5.74) is 5.52. The SMILES string of the molecule is Cc1ccc2nc(/C(C#N)=C/c3cc(C(C)(C)C)c(O)c(C(C)(C)C)c3)[nH]c2c1. The van der Waals surface area contributed by atoms with Crippen LogP contribution in [0.3, 0.4) is 0 Å². The van der Waals surface area contributed by atoms with Gasteiger partial charge in [0.2, 0.25) is 0 Å². The molecule has 150 valence electrons. The molecule has 0 aliphatic carbocycles. The maximum absolute atomic E-state index is 10.9. The number of benzene rings is 2. The molecule has 0 amide bonds. The molecule has 4 heteroatoms. The van der Waals surface area contributed by atoms with E-state index in [0.717, 1.165) is 33.3 Å². The van der Waals surface area contributed by atoms with Gasteiger partial charge in [-0.1, -0.05) is 47.6 Å². The van der Waals surface area contributed by atoms with Gasteiger partial charge in [-0.2, -0.15) is 5.26 Å². The van der Waals surface area contributed by atoms with E-state index in [1.54, 1.807) is 0 Å². The number of nitrogens with zero attached hydrogens (tertiary/aromatic N) is 2. The normalized spacial score (nSPS) is 13.0. The topological polar surface area (TPSA) is 72.7 Å². The molecule has 0 aliphatic heterocycles. The fraction of sp³-hybridized carbons (Fsp3) is 0.360. The van der Waals surface area contributed by atoms with Crippen LogP contribution in [0.1, 0.15) is 69.6 Å². The molecule has 1 aromatic heterocycles. The lowest BCUT2D eigenvalue weighted by molar-refractivity contribution is 0.423. The third-order valence-corrected chi connectivity index (χ3v) is 5.07. The molecule has 0 aliphatic rings. The van der Waals surface area contributed by atoms with Crippen molar-refractivity contribution < 1.29 is 5.11 Å². The number of nitriles is 1. The van der Waals surface area contributed by atoms with Gasteiger partial charge in [0, 0.05) is 11.1 Å². The number of fused-ring (bicyclic) bond motifs is 1. The number of rotatable bonds is 2. The van der Waals surface area contributed by atoms with E-state index in [4.69, 9.17) is 0 Å². The van der Waals surface area contributed by atoms with Crippen molar-refractivity contribution in [1.82, 2.24) is 9.97 Å². The van der Waals surface area contributed by atoms with Crippen LogP contribution in [-0.4, -0.2) is 15.1 Å². The van der Waals surface area contributed by atoms with Crippen LogP contribution >= 0.6 is 0 Å². The summed E-state index contributed by atoms with van der Waals surface area (Å²) in [6.45, 7) is 14.5. The Morgan fingerprint density at radius 1 is 1.03 bits per heavy atom. The molecule has 0 saturated heterocycles. The van der Waals surface area contributed by atoms with Gasteiger partial charge < -0.3 is 10.1 Å². The number of allylic oxidation sites excluding steroid dienone is 1. The van der Waals surface area contributed by atoms with Gasteiger partial charge in [-0.25, -0.2) is 4.98 Å². The quantitative estimate of drug-likeness (QED) is 0.511. The second kappa shape index (κ2) is 7.08. The molecule has 0 unspecified atom stereocenters. The molecule has 0 fully saturated rings. The van der Waals surface area contributed by atoms with E-state index in [0.29, 0.717) is 17.1 Å². The molecular weight excluding hydrogens is 358 g/mol. The lowest BCUT2D eigenvalue weighted by atomic mass is 9.78. The van der Waals surface area contributed by atoms with Crippen molar-refractivity contribution in [2.24, 2.45) is 0 Å². The molecule has 0 radical (unpaired) electrons. The number of aryl methyl sites for hydroxylation is 1. The van der Waals surface area contributed by atoms with E-state index in [9.17, 15) is 10.4 Å². The van der Waals surface area contributed by atoms with Crippen molar-refractivity contribution in [3.63, 3.8) is 0 Å². The smallest absolute Gasteiger partial charge is 0.149 e. The number of imidazole rings is 1. The zero-order valence-electron chi connectivity index (χ0n) is 18.3. The summed E-state index contributed by atoms with van der Waals surface area (Å²) in [5, 5.41) is 20.7. The number of nitrogens with one attached hydrogen (secondary N) is 1. The summed E-state index contributed by atoms with van der Waals surface area (Å²) in [6, 6.07) is 12.2. The van der Waals surface area contributed by atoms with Crippen molar-refractivity contribution >= 4 is 22.7 Å². The Bertz CT molecular complexity index is 1110. The molecular formula is C25H29N3O. The fourth-order valence-electron chi connectivity index (χ4n) is 3.45. The van der Waals surface area contributed by atoms with Crippen molar-refractivity contribution in [2.75, 3.05) is 0 Å². The molecule has 0 spiro atoms. The first kappa shape index (κ1) is 20.7. The molecule has 29 heavy (non-hydrogen) atoms. The molecule has 1 heterocycles. The van der Waals surface area contributed by atoms with Crippen LogP contribution in [0.15, 0.2) is 30.3 Å². The number of H-pyrrole nitrogens is 1. The van der Waals surface area contributed by atoms with Crippen molar-refractivity contribution in [1.29, 1.82) is 5.26 Å². The lowest BCUT2D eigenvalue weighted by Crippen LogP contribution is -2.17. The Hall–Kier alpha value is -3.06. The van der Waals surface area contributed by atoms with Crippen molar-refractivity contribution in [3.8, 4) is 11.8 Å². The molecule has 2 aromatic carbocycles. The molecule has 3 rings (SSSR count). The summed E-state index contributed by atoms with van der Waals surface area (Å²) in [5.74, 6) is 0.885. The van der Waals surface area contributed by atoms with Crippen molar-refractivity contribution in [2.45, 2.75) is 59.3 Å². The predicted molar refractivity (Wildman–Crippen MR) is 120 cm³/mol. The highest BCUT2D eigenvalue weighted by Crippen LogP contribution is 2.40. The number of aromatic nitrogens is 2. The van der Waals surface area contributed by atoms with Crippen molar-refractivity contribution in [3.05, 3.63) is 58.4 Å². The van der Waals surface area contributed by atoms with E-state index in [1.807, 2.05) is 43.3 Å². The average Bonchev–Trinajstić information content (AvgIpc) is 3.01. The van der Waals surface area contributed by atoms with Gasteiger partial charge in [-0.15, -0.1) is 0 Å². The number of phenolic OH excluding ortho intramolecular Hbond substituents is 1. The van der Waals surface area contributed by atoms with Crippen LogP contribution in [0, 0.1) is 18.3 Å². The molecule has 2 N–H and O–H groups in total. The van der Waals surface area contributed by atoms with Gasteiger partial charge in [0.1, 0.15) is 17.6 Å². The Labute approximate surface area is 172 Å². The van der Waals surface area contributed by atoms with Crippen LogP contribution in [0.25, 0.3) is 22.7 Å². The van der Waals surface area contributed by atoms with Gasteiger partial charge in [0.15, 0.2) is 0 Å². The standard InChI is InChI=1S/C25H29N3O/c1-15-8-9-20-21(10-15)28-23(27-20)17(14-26)11-16-12-18(24(2,3)4)22(29)19(13-16)25(5,6)7/h8-13,29H,1-7H3,(H,27,28)/b17-11+. The second-order valence-corrected chi connectivity index (χ2v) is 9.74. The zero-order valence-corrected chi connectivity index (χ0v) is 18.3. The highest BCUT2D eigenvalue weighted by Gasteiger charge is 2.26. The molecule has 0 atom stereocenters. The minimum Gasteiger partial charge on any atom is -0.507 e. The Balaban J connectivity index is 2.19. The Kier molecular flexibility index (Phi) is 5.04. The molecule has 4 nitrogen and oxygen atoms in total. The number of hydrogen-bond donors (Lipinski definition) is 2. The van der Waals surface area contributed by atoms with E-state index in [1.165, 1.54) is 0 Å². The third-order valence-electron chi connectivity index (χ3n) is 5.07. The maximum Gasteiger partial charge on any atom is 0.149 e. The zero-order chi connectivity index (χ0) is 21.6. The Morgan fingerprint density at radius 2 is 1.62 bits per heavy atom. The van der Waals surface area contributed by atoms with E-state index in [2.05, 4.69) is 57.6 Å². The first-order valence-corrected chi connectivity index (χ1v) is 9.86. The summed E-state index contributed by atoms with van der Waals surface area (Å²) in [6.07, 6.45) is 1.84. The molecule has 0 bridgehead atoms. The number of phenols is 1. The van der Waals surface area contributed by atoms with E-state index in [-0.39, 0.29) is 10.8 Å². The van der Waals surface area contributed by atoms with Gasteiger partial charge in [-0.05, 0) is 59.2 Å². The number of aromatic amines is 1. The first-order valence-electron chi connectivity index (χ1n) is 9.86. The second-order valence-electron chi connectivity index (χ2n) is 9.74. The molecule has 0 saturated carbocycles. The summed E-state index contributed by atoms with van der Waals surface area (Å²) >= 11 is 0. The van der Waals surface area contributed by atoms with Gasteiger partial charge in [0.25, 0.3) is 0 Å². The minimum absolute atomic E-state index is 0.225. The fourth-order valence-corrected chi connectivity index (χ4v) is 3.45. The number of hydrogen-bond acceptors (Lipinski definition) is 3. The predicted octanol–water partition coefficient (Wildman–Crippen LogP) is 6.24. The van der Waals surface area contributed by atoms with Crippen LogP contribution in [0.5, 0.6) is 5.75 Å². The number of aromatic hydroxyl groups is 1. The van der Waals surface area contributed by atoms with Crippen LogP contribution in [0.4, 0.5) is 0 Å². The van der Waals surface area contributed by atoms with Crippen LogP contribution < -0.4 is 0 Å². The van der Waals surface area contributed by atoms with Crippen LogP contribution in [-0.2, 0) is 10.8 Å². The van der Waals surface area contributed by atoms with E-state index < -0.39 is 0 Å². The lowest BCUT2D eigenvalue weighted by Gasteiger charge is -2.28. The highest BCUT2D eigenvalue weighted by atomic mass is 16.3. The third kappa shape index (κ3) is 4.19. The first-order chi connectivity index (χ1) is 13.4.